The van der Waals surface area contributed by atoms with E-state index in [9.17, 15) is 9.59 Å². The topological polar surface area (TPSA) is 67.2 Å². The van der Waals surface area contributed by atoms with E-state index >= 15 is 0 Å². The lowest BCUT2D eigenvalue weighted by Gasteiger charge is -2.42. The van der Waals surface area contributed by atoms with Crippen molar-refractivity contribution in [3.63, 3.8) is 0 Å². The summed E-state index contributed by atoms with van der Waals surface area (Å²) in [7, 11) is 0. The van der Waals surface area contributed by atoms with E-state index in [4.69, 9.17) is 0 Å². The van der Waals surface area contributed by atoms with E-state index in [1.165, 1.54) is 6.92 Å². The summed E-state index contributed by atoms with van der Waals surface area (Å²) in [5.41, 5.74) is 0.424. The zero-order valence-electron chi connectivity index (χ0n) is 15.6. The molecule has 6 nitrogen and oxygen atoms in total. The molecule has 1 aromatic heterocycles. The van der Waals surface area contributed by atoms with Gasteiger partial charge < -0.3 is 10.2 Å². The van der Waals surface area contributed by atoms with E-state index in [1.54, 1.807) is 0 Å². The molecule has 2 heterocycles. The van der Waals surface area contributed by atoms with Gasteiger partial charge in [-0.15, -0.1) is 0 Å². The van der Waals surface area contributed by atoms with Gasteiger partial charge in [-0.25, -0.2) is 0 Å². The Kier molecular flexibility index (Phi) is 5.16. The van der Waals surface area contributed by atoms with Crippen molar-refractivity contribution in [2.75, 3.05) is 6.54 Å². The molecular formula is C19H30N4O2. The summed E-state index contributed by atoms with van der Waals surface area (Å²) in [6.07, 6.45) is 9.36. The Hall–Kier alpha value is -1.85. The monoisotopic (exact) mass is 346 g/mol. The normalized spacial score (nSPS) is 29.6. The van der Waals surface area contributed by atoms with E-state index in [0.29, 0.717) is 5.92 Å². The molecule has 0 bridgehead atoms. The van der Waals surface area contributed by atoms with E-state index in [1.807, 2.05) is 28.9 Å². The lowest BCUT2D eigenvalue weighted by atomic mass is 9.76. The highest BCUT2D eigenvalue weighted by molar-refractivity contribution is 5.91. The van der Waals surface area contributed by atoms with Gasteiger partial charge in [-0.2, -0.15) is 5.10 Å². The Morgan fingerprint density at radius 2 is 2.04 bits per heavy atom. The van der Waals surface area contributed by atoms with E-state index < -0.39 is 5.54 Å². The summed E-state index contributed by atoms with van der Waals surface area (Å²) in [6.45, 7) is 7.27. The van der Waals surface area contributed by atoms with Gasteiger partial charge in [0.1, 0.15) is 5.54 Å². The van der Waals surface area contributed by atoms with Crippen molar-refractivity contribution in [3.8, 4) is 0 Å². The van der Waals surface area contributed by atoms with Crippen LogP contribution in [0.4, 0.5) is 0 Å². The molecule has 1 saturated heterocycles. The van der Waals surface area contributed by atoms with Crippen LogP contribution in [-0.2, 0) is 16.1 Å². The maximum absolute atomic E-state index is 13.5. The van der Waals surface area contributed by atoms with Crippen molar-refractivity contribution >= 4 is 11.8 Å². The number of nitrogens with one attached hydrogen (secondary N) is 1. The molecular weight excluding hydrogens is 316 g/mol. The number of hydrogen-bond acceptors (Lipinski definition) is 3. The molecule has 1 N–H and O–H groups in total. The fourth-order valence-corrected chi connectivity index (χ4v) is 4.33. The second kappa shape index (κ2) is 7.18. The maximum atomic E-state index is 13.5. The zero-order valence-corrected chi connectivity index (χ0v) is 15.6. The van der Waals surface area contributed by atoms with Crippen molar-refractivity contribution in [2.45, 2.75) is 77.4 Å². The van der Waals surface area contributed by atoms with Gasteiger partial charge >= 0.3 is 0 Å². The molecule has 1 atom stereocenters. The first-order valence-electron chi connectivity index (χ1n) is 9.48. The fourth-order valence-electron chi connectivity index (χ4n) is 4.33. The highest BCUT2D eigenvalue weighted by atomic mass is 16.2. The molecule has 6 heteroatoms. The number of amides is 2. The Morgan fingerprint density at radius 1 is 1.32 bits per heavy atom. The minimum Gasteiger partial charge on any atom is -0.342 e. The molecule has 2 amide bonds. The van der Waals surface area contributed by atoms with E-state index in [2.05, 4.69) is 17.3 Å². The molecule has 2 fully saturated rings. The molecule has 1 saturated carbocycles. The summed E-state index contributed by atoms with van der Waals surface area (Å²) in [5, 5.41) is 7.40. The van der Waals surface area contributed by atoms with Crippen molar-refractivity contribution in [1.29, 1.82) is 0 Å². The molecule has 1 unspecified atom stereocenters. The number of likely N-dealkylation sites (tertiary alicyclic amines) is 1. The lowest BCUT2D eigenvalue weighted by Crippen LogP contribution is -2.61. The average molecular weight is 346 g/mol. The summed E-state index contributed by atoms with van der Waals surface area (Å²) >= 11 is 0. The number of carbonyl (C=O) groups excluding carboxylic acids is 2. The zero-order chi connectivity index (χ0) is 18.0. The molecule has 1 aliphatic carbocycles. The molecule has 1 aromatic rings. The third-order valence-electron chi connectivity index (χ3n) is 5.75. The van der Waals surface area contributed by atoms with Crippen LogP contribution in [0.25, 0.3) is 0 Å². The lowest BCUT2D eigenvalue weighted by molar-refractivity contribution is -0.144. The Labute approximate surface area is 149 Å². The van der Waals surface area contributed by atoms with Gasteiger partial charge in [0.05, 0.1) is 18.8 Å². The van der Waals surface area contributed by atoms with Crippen LogP contribution in [0.2, 0.25) is 0 Å². The second-order valence-corrected chi connectivity index (χ2v) is 7.98. The van der Waals surface area contributed by atoms with Crippen molar-refractivity contribution in [1.82, 2.24) is 20.0 Å². The molecule has 25 heavy (non-hydrogen) atoms. The number of carbonyl (C=O) groups is 2. The molecule has 0 radical (unpaired) electrons. The molecule has 0 aromatic carbocycles. The standard InChI is InChI=1S/C19H30N4O2/c1-14-6-8-19(9-7-14,21-16(3)24)18(25)23-10-4-5-17(23)13-22-12-15(2)11-20-22/h11-12,14,17H,4-10,13H2,1-3H3,(H,21,24). The second-order valence-electron chi connectivity index (χ2n) is 7.98. The minimum absolute atomic E-state index is 0.110. The van der Waals surface area contributed by atoms with Gasteiger partial charge in [0.15, 0.2) is 0 Å². The van der Waals surface area contributed by atoms with Crippen LogP contribution in [0.15, 0.2) is 12.4 Å². The SMILES string of the molecule is CC(=O)NC1(C(=O)N2CCCC2Cn2cc(C)cn2)CCC(C)CC1. The summed E-state index contributed by atoms with van der Waals surface area (Å²) < 4.78 is 1.93. The van der Waals surface area contributed by atoms with Gasteiger partial charge in [-0.3, -0.25) is 14.3 Å². The Morgan fingerprint density at radius 3 is 2.64 bits per heavy atom. The van der Waals surface area contributed by atoms with Crippen LogP contribution in [-0.4, -0.2) is 44.6 Å². The van der Waals surface area contributed by atoms with E-state index in [0.717, 1.165) is 57.2 Å². The highest BCUT2D eigenvalue weighted by Crippen LogP contribution is 2.35. The van der Waals surface area contributed by atoms with E-state index in [-0.39, 0.29) is 17.9 Å². The van der Waals surface area contributed by atoms with Crippen molar-refractivity contribution < 1.29 is 9.59 Å². The van der Waals surface area contributed by atoms with Crippen LogP contribution in [0.5, 0.6) is 0 Å². The number of rotatable bonds is 4. The molecule has 0 spiro atoms. The van der Waals surface area contributed by atoms with Gasteiger partial charge in [-0.05, 0) is 56.9 Å². The van der Waals surface area contributed by atoms with Gasteiger partial charge in [-0.1, -0.05) is 6.92 Å². The Balaban J connectivity index is 1.76. The smallest absolute Gasteiger partial charge is 0.248 e. The van der Waals surface area contributed by atoms with Crippen LogP contribution in [0.3, 0.4) is 0 Å². The highest BCUT2D eigenvalue weighted by Gasteiger charge is 2.46. The third-order valence-corrected chi connectivity index (χ3v) is 5.75. The summed E-state index contributed by atoms with van der Waals surface area (Å²) in [5.74, 6) is 0.624. The van der Waals surface area contributed by atoms with Crippen LogP contribution >= 0.6 is 0 Å². The summed E-state index contributed by atoms with van der Waals surface area (Å²) in [4.78, 5) is 27.3. The number of nitrogens with zero attached hydrogens (tertiary/aromatic N) is 3. The van der Waals surface area contributed by atoms with Gasteiger partial charge in [0, 0.05) is 19.7 Å². The van der Waals surface area contributed by atoms with Crippen molar-refractivity contribution in [2.24, 2.45) is 5.92 Å². The van der Waals surface area contributed by atoms with Crippen LogP contribution in [0, 0.1) is 12.8 Å². The Bertz CT molecular complexity index is 631. The first kappa shape index (κ1) is 18.0. The quantitative estimate of drug-likeness (QED) is 0.909. The number of aryl methyl sites for hydroxylation is 1. The van der Waals surface area contributed by atoms with Gasteiger partial charge in [0.2, 0.25) is 11.8 Å². The first-order valence-corrected chi connectivity index (χ1v) is 9.48. The third kappa shape index (κ3) is 3.88. The summed E-state index contributed by atoms with van der Waals surface area (Å²) in [6, 6.07) is 0.164. The fraction of sp³-hybridized carbons (Fsp3) is 0.737. The predicted molar refractivity (Wildman–Crippen MR) is 95.9 cm³/mol. The predicted octanol–water partition coefficient (Wildman–Crippen LogP) is 2.27. The van der Waals surface area contributed by atoms with Crippen molar-refractivity contribution in [3.05, 3.63) is 18.0 Å². The molecule has 3 rings (SSSR count). The average Bonchev–Trinajstić information content (AvgIpc) is 3.18. The van der Waals surface area contributed by atoms with Crippen LogP contribution in [0.1, 0.15) is 57.9 Å². The first-order chi connectivity index (χ1) is 11.9. The minimum atomic E-state index is -0.707. The molecule has 138 valence electrons. The molecule has 2 aliphatic rings. The maximum Gasteiger partial charge on any atom is 0.248 e. The van der Waals surface area contributed by atoms with Gasteiger partial charge in [0.25, 0.3) is 0 Å². The largest absolute Gasteiger partial charge is 0.342 e. The molecule has 1 aliphatic heterocycles. The van der Waals surface area contributed by atoms with Crippen LogP contribution < -0.4 is 5.32 Å². The number of aromatic nitrogens is 2. The number of hydrogen-bond donors (Lipinski definition) is 1.